The van der Waals surface area contributed by atoms with Crippen molar-refractivity contribution in [3.05, 3.63) is 29.8 Å². The Morgan fingerprint density at radius 2 is 2.14 bits per heavy atom. The Morgan fingerprint density at radius 3 is 2.91 bits per heavy atom. The summed E-state index contributed by atoms with van der Waals surface area (Å²) >= 11 is 0. The van der Waals surface area contributed by atoms with Crippen LogP contribution in [0.25, 0.3) is 0 Å². The van der Waals surface area contributed by atoms with Crippen LogP contribution in [0.4, 0.5) is 0 Å². The zero-order valence-electron chi connectivity index (χ0n) is 12.4. The van der Waals surface area contributed by atoms with Gasteiger partial charge in [-0.25, -0.2) is 0 Å². The first-order chi connectivity index (χ1) is 10.7. The number of carbonyl (C=O) groups excluding carboxylic acids is 1. The number of nitrogens with zero attached hydrogens (tertiary/aromatic N) is 1. The number of carbonyl (C=O) groups is 1. The first kappa shape index (κ1) is 14.9. The van der Waals surface area contributed by atoms with Gasteiger partial charge >= 0.3 is 0 Å². The van der Waals surface area contributed by atoms with Crippen LogP contribution in [0.5, 0.6) is 5.75 Å². The molecule has 0 heterocycles. The second kappa shape index (κ2) is 6.37. The van der Waals surface area contributed by atoms with Crippen molar-refractivity contribution in [2.45, 2.75) is 25.3 Å². The number of ether oxygens (including phenoxy) is 1. The minimum absolute atomic E-state index is 0.0612. The van der Waals surface area contributed by atoms with Gasteiger partial charge in [-0.2, -0.15) is 5.26 Å². The maximum atomic E-state index is 12.1. The standard InChI is InChI=1S/C17H20N2O3/c18-8-13-3-1-2-4-15(13)22-10-16(21)19-17-12-6-5-11(7-12)14(17)9-20/h1-4,11-12,14,17,20H,5-7,9-10H2,(H,19,21). The molecule has 5 heteroatoms. The van der Waals surface area contributed by atoms with Gasteiger partial charge in [0.1, 0.15) is 11.8 Å². The Hall–Kier alpha value is -2.06. The number of nitriles is 1. The smallest absolute Gasteiger partial charge is 0.258 e. The van der Waals surface area contributed by atoms with Crippen molar-refractivity contribution in [1.82, 2.24) is 5.32 Å². The molecule has 2 bridgehead atoms. The van der Waals surface area contributed by atoms with Crippen molar-refractivity contribution in [3.8, 4) is 11.8 Å². The Morgan fingerprint density at radius 1 is 1.36 bits per heavy atom. The van der Waals surface area contributed by atoms with E-state index in [0.29, 0.717) is 23.1 Å². The molecule has 2 saturated carbocycles. The average molecular weight is 300 g/mol. The number of hydrogen-bond donors (Lipinski definition) is 2. The molecule has 3 rings (SSSR count). The monoisotopic (exact) mass is 300 g/mol. The fourth-order valence-corrected chi connectivity index (χ4v) is 3.95. The van der Waals surface area contributed by atoms with E-state index in [1.807, 2.05) is 6.07 Å². The molecule has 1 aromatic carbocycles. The highest BCUT2D eigenvalue weighted by Crippen LogP contribution is 2.48. The van der Waals surface area contributed by atoms with E-state index in [1.165, 1.54) is 0 Å². The quantitative estimate of drug-likeness (QED) is 0.862. The molecule has 116 valence electrons. The second-order valence-electron chi connectivity index (χ2n) is 6.17. The topological polar surface area (TPSA) is 82.3 Å². The predicted molar refractivity (Wildman–Crippen MR) is 80.0 cm³/mol. The molecular formula is C17H20N2O3. The number of benzene rings is 1. The molecule has 2 N–H and O–H groups in total. The number of aliphatic hydroxyl groups is 1. The summed E-state index contributed by atoms with van der Waals surface area (Å²) in [4.78, 5) is 12.1. The molecule has 5 nitrogen and oxygen atoms in total. The van der Waals surface area contributed by atoms with Crippen LogP contribution in [0.15, 0.2) is 24.3 Å². The van der Waals surface area contributed by atoms with Gasteiger partial charge in [0.05, 0.1) is 5.56 Å². The van der Waals surface area contributed by atoms with Gasteiger partial charge in [-0.05, 0) is 43.2 Å². The Kier molecular flexibility index (Phi) is 4.30. The molecule has 0 radical (unpaired) electrons. The summed E-state index contributed by atoms with van der Waals surface area (Å²) in [5, 5.41) is 21.5. The number of para-hydroxylation sites is 1. The number of fused-ring (bicyclic) bond motifs is 2. The largest absolute Gasteiger partial charge is 0.482 e. The zero-order chi connectivity index (χ0) is 15.5. The highest BCUT2D eigenvalue weighted by molar-refractivity contribution is 5.78. The lowest BCUT2D eigenvalue weighted by atomic mass is 9.85. The van der Waals surface area contributed by atoms with Gasteiger partial charge in [0.25, 0.3) is 5.91 Å². The third-order valence-electron chi connectivity index (χ3n) is 4.99. The van der Waals surface area contributed by atoms with E-state index in [4.69, 9.17) is 10.00 Å². The SMILES string of the molecule is N#Cc1ccccc1OCC(=O)NC1C2CCC(C2)C1CO. The van der Waals surface area contributed by atoms with Crippen molar-refractivity contribution >= 4 is 5.91 Å². The van der Waals surface area contributed by atoms with Crippen LogP contribution in [0, 0.1) is 29.1 Å². The third-order valence-corrected chi connectivity index (χ3v) is 4.99. The van der Waals surface area contributed by atoms with Crippen molar-refractivity contribution in [3.63, 3.8) is 0 Å². The zero-order valence-corrected chi connectivity index (χ0v) is 12.4. The molecule has 1 amide bonds. The Balaban J connectivity index is 1.56. The number of amides is 1. The van der Waals surface area contributed by atoms with Crippen LogP contribution in [0.3, 0.4) is 0 Å². The van der Waals surface area contributed by atoms with E-state index in [2.05, 4.69) is 5.32 Å². The van der Waals surface area contributed by atoms with Gasteiger partial charge in [-0.15, -0.1) is 0 Å². The van der Waals surface area contributed by atoms with Gasteiger partial charge < -0.3 is 15.2 Å². The lowest BCUT2D eigenvalue weighted by Gasteiger charge is -2.30. The van der Waals surface area contributed by atoms with Crippen LogP contribution in [0.2, 0.25) is 0 Å². The molecule has 0 saturated heterocycles. The van der Waals surface area contributed by atoms with Crippen LogP contribution in [0.1, 0.15) is 24.8 Å². The van der Waals surface area contributed by atoms with Crippen LogP contribution in [-0.4, -0.2) is 30.3 Å². The molecule has 4 unspecified atom stereocenters. The maximum Gasteiger partial charge on any atom is 0.258 e. The van der Waals surface area contributed by atoms with E-state index >= 15 is 0 Å². The molecule has 2 fully saturated rings. The number of hydrogen-bond acceptors (Lipinski definition) is 4. The van der Waals surface area contributed by atoms with Gasteiger partial charge in [0, 0.05) is 18.6 Å². The summed E-state index contributed by atoms with van der Waals surface area (Å²) in [6.45, 7) is 0.0228. The fraction of sp³-hybridized carbons (Fsp3) is 0.529. The average Bonchev–Trinajstić information content (AvgIpc) is 3.14. The maximum absolute atomic E-state index is 12.1. The summed E-state index contributed by atoms with van der Waals surface area (Å²) in [5.74, 6) is 1.43. The summed E-state index contributed by atoms with van der Waals surface area (Å²) in [5.41, 5.74) is 0.420. The highest BCUT2D eigenvalue weighted by atomic mass is 16.5. The number of nitrogens with one attached hydrogen (secondary N) is 1. The number of aliphatic hydroxyl groups excluding tert-OH is 1. The predicted octanol–water partition coefficient (Wildman–Crippen LogP) is 1.46. The van der Waals surface area contributed by atoms with E-state index in [-0.39, 0.29) is 31.1 Å². The minimum atomic E-state index is -0.191. The highest BCUT2D eigenvalue weighted by Gasteiger charge is 2.47. The van der Waals surface area contributed by atoms with Crippen molar-refractivity contribution in [1.29, 1.82) is 5.26 Å². The summed E-state index contributed by atoms with van der Waals surface area (Å²) in [7, 11) is 0. The first-order valence-electron chi connectivity index (χ1n) is 7.75. The molecule has 2 aliphatic rings. The van der Waals surface area contributed by atoms with E-state index in [9.17, 15) is 9.90 Å². The van der Waals surface area contributed by atoms with Crippen LogP contribution >= 0.6 is 0 Å². The van der Waals surface area contributed by atoms with Gasteiger partial charge in [-0.3, -0.25) is 4.79 Å². The lowest BCUT2D eigenvalue weighted by Crippen LogP contribution is -2.46. The Labute approximate surface area is 129 Å². The third kappa shape index (κ3) is 2.79. The molecule has 0 aromatic heterocycles. The van der Waals surface area contributed by atoms with Gasteiger partial charge in [0.2, 0.25) is 0 Å². The van der Waals surface area contributed by atoms with Crippen LogP contribution < -0.4 is 10.1 Å². The molecule has 1 aromatic rings. The molecule has 0 spiro atoms. The lowest BCUT2D eigenvalue weighted by molar-refractivity contribution is -0.124. The second-order valence-corrected chi connectivity index (χ2v) is 6.17. The molecule has 4 atom stereocenters. The Bertz CT molecular complexity index is 596. The van der Waals surface area contributed by atoms with Gasteiger partial charge in [-0.1, -0.05) is 12.1 Å². The molecular weight excluding hydrogens is 280 g/mol. The van der Waals surface area contributed by atoms with E-state index in [0.717, 1.165) is 19.3 Å². The molecule has 0 aliphatic heterocycles. The van der Waals surface area contributed by atoms with Crippen molar-refractivity contribution in [2.75, 3.05) is 13.2 Å². The van der Waals surface area contributed by atoms with E-state index < -0.39 is 0 Å². The van der Waals surface area contributed by atoms with Gasteiger partial charge in [0.15, 0.2) is 6.61 Å². The molecule has 2 aliphatic carbocycles. The minimum Gasteiger partial charge on any atom is -0.482 e. The van der Waals surface area contributed by atoms with Crippen molar-refractivity contribution < 1.29 is 14.6 Å². The molecule has 22 heavy (non-hydrogen) atoms. The first-order valence-corrected chi connectivity index (χ1v) is 7.75. The normalized spacial score (nSPS) is 29.1. The van der Waals surface area contributed by atoms with E-state index in [1.54, 1.807) is 24.3 Å². The van der Waals surface area contributed by atoms with Crippen molar-refractivity contribution in [2.24, 2.45) is 17.8 Å². The fourth-order valence-electron chi connectivity index (χ4n) is 3.95. The number of rotatable bonds is 5. The summed E-state index contributed by atoms with van der Waals surface area (Å²) in [6, 6.07) is 8.97. The summed E-state index contributed by atoms with van der Waals surface area (Å²) < 4.78 is 5.45. The van der Waals surface area contributed by atoms with Crippen LogP contribution in [-0.2, 0) is 4.79 Å². The summed E-state index contributed by atoms with van der Waals surface area (Å²) in [6.07, 6.45) is 3.40.